The summed E-state index contributed by atoms with van der Waals surface area (Å²) in [6.07, 6.45) is 2.52. The quantitative estimate of drug-likeness (QED) is 0.314. The van der Waals surface area contributed by atoms with E-state index in [2.05, 4.69) is 36.4 Å². The lowest BCUT2D eigenvalue weighted by Gasteiger charge is -2.40. The van der Waals surface area contributed by atoms with Crippen molar-refractivity contribution in [3.05, 3.63) is 17.7 Å². The van der Waals surface area contributed by atoms with Crippen LogP contribution in [0.4, 0.5) is 0 Å². The number of hydrogen-bond donors (Lipinski definition) is 2. The molecule has 1 aromatic carbocycles. The van der Waals surface area contributed by atoms with Crippen molar-refractivity contribution in [2.24, 2.45) is 16.3 Å². The van der Waals surface area contributed by atoms with Crippen molar-refractivity contribution in [1.29, 1.82) is 0 Å². The van der Waals surface area contributed by atoms with Gasteiger partial charge in [-0.25, -0.2) is 0 Å². The molecule has 0 spiro atoms. The Balaban J connectivity index is 0.00000450. The van der Waals surface area contributed by atoms with Crippen molar-refractivity contribution in [2.45, 2.75) is 46.3 Å². The van der Waals surface area contributed by atoms with Gasteiger partial charge in [-0.15, -0.1) is 24.0 Å². The normalized spacial score (nSPS) is 19.5. The van der Waals surface area contributed by atoms with Gasteiger partial charge < -0.3 is 29.6 Å². The summed E-state index contributed by atoms with van der Waals surface area (Å²) in [6.45, 7) is 9.00. The van der Waals surface area contributed by atoms with Crippen LogP contribution in [0.15, 0.2) is 17.1 Å². The fourth-order valence-electron chi connectivity index (χ4n) is 3.88. The average molecular weight is 535 g/mol. The number of nitrogens with zero attached hydrogens (tertiary/aromatic N) is 1. The van der Waals surface area contributed by atoms with Crippen LogP contribution in [0.3, 0.4) is 0 Å². The van der Waals surface area contributed by atoms with Crippen molar-refractivity contribution in [2.75, 3.05) is 41.5 Å². The van der Waals surface area contributed by atoms with E-state index in [0.29, 0.717) is 29.7 Å². The van der Waals surface area contributed by atoms with E-state index >= 15 is 0 Å². The topological polar surface area (TPSA) is 73.3 Å². The second kappa shape index (κ2) is 12.4. The van der Waals surface area contributed by atoms with Gasteiger partial charge in [0.1, 0.15) is 0 Å². The summed E-state index contributed by atoms with van der Waals surface area (Å²) >= 11 is 0. The van der Waals surface area contributed by atoms with E-state index in [1.54, 1.807) is 28.4 Å². The maximum atomic E-state index is 6.08. The number of methoxy groups -OCH3 is 3. The fourth-order valence-corrected chi connectivity index (χ4v) is 3.88. The summed E-state index contributed by atoms with van der Waals surface area (Å²) in [5.74, 6) is 3.09. The molecule has 0 aliphatic carbocycles. The Morgan fingerprint density at radius 1 is 1.10 bits per heavy atom. The van der Waals surface area contributed by atoms with Crippen LogP contribution in [0.1, 0.15) is 39.2 Å². The van der Waals surface area contributed by atoms with Gasteiger partial charge in [0, 0.05) is 32.7 Å². The number of rotatable bonds is 7. The Hall–Kier alpha value is -1.42. The predicted molar refractivity (Wildman–Crippen MR) is 132 cm³/mol. The van der Waals surface area contributed by atoms with Gasteiger partial charge in [-0.3, -0.25) is 4.99 Å². The minimum absolute atomic E-state index is 0. The van der Waals surface area contributed by atoms with Crippen LogP contribution in [0.25, 0.3) is 0 Å². The molecule has 2 unspecified atom stereocenters. The van der Waals surface area contributed by atoms with Gasteiger partial charge in [-0.1, -0.05) is 20.8 Å². The van der Waals surface area contributed by atoms with Crippen LogP contribution in [0.5, 0.6) is 17.2 Å². The largest absolute Gasteiger partial charge is 0.493 e. The highest BCUT2D eigenvalue weighted by Crippen LogP contribution is 2.38. The molecule has 1 heterocycles. The molecular formula is C22H38IN3O4. The third kappa shape index (κ3) is 7.08. The highest BCUT2D eigenvalue weighted by Gasteiger charge is 2.35. The molecule has 1 saturated heterocycles. The number of hydrogen-bond acceptors (Lipinski definition) is 5. The third-order valence-corrected chi connectivity index (χ3v) is 5.24. The molecule has 0 bridgehead atoms. The molecule has 2 atom stereocenters. The Morgan fingerprint density at radius 3 is 2.23 bits per heavy atom. The van der Waals surface area contributed by atoms with E-state index < -0.39 is 0 Å². The molecule has 2 N–H and O–H groups in total. The molecule has 1 aliphatic rings. The van der Waals surface area contributed by atoms with Crippen LogP contribution in [-0.2, 0) is 11.3 Å². The number of ether oxygens (including phenoxy) is 4. The average Bonchev–Trinajstić information content (AvgIpc) is 2.72. The third-order valence-electron chi connectivity index (χ3n) is 5.24. The van der Waals surface area contributed by atoms with Gasteiger partial charge in [-0.2, -0.15) is 0 Å². The lowest BCUT2D eigenvalue weighted by atomic mass is 9.78. The van der Waals surface area contributed by atoms with Gasteiger partial charge >= 0.3 is 0 Å². The zero-order valence-electron chi connectivity index (χ0n) is 19.3. The predicted octanol–water partition coefficient (Wildman–Crippen LogP) is 3.84. The molecule has 0 radical (unpaired) electrons. The molecule has 1 fully saturated rings. The Labute approximate surface area is 198 Å². The highest BCUT2D eigenvalue weighted by molar-refractivity contribution is 14.0. The second-order valence-corrected chi connectivity index (χ2v) is 8.40. The first kappa shape index (κ1) is 26.6. The molecule has 0 aromatic heterocycles. The molecule has 0 saturated carbocycles. The molecule has 8 heteroatoms. The van der Waals surface area contributed by atoms with Crippen molar-refractivity contribution >= 4 is 29.9 Å². The van der Waals surface area contributed by atoms with Gasteiger partial charge in [-0.05, 0) is 36.0 Å². The van der Waals surface area contributed by atoms with Crippen molar-refractivity contribution in [3.8, 4) is 17.2 Å². The van der Waals surface area contributed by atoms with Gasteiger partial charge in [0.05, 0.1) is 27.4 Å². The van der Waals surface area contributed by atoms with Crippen LogP contribution < -0.4 is 24.8 Å². The molecule has 2 rings (SSSR count). The number of nitrogens with one attached hydrogen (secondary N) is 2. The summed E-state index contributed by atoms with van der Waals surface area (Å²) < 4.78 is 22.3. The first-order chi connectivity index (χ1) is 13.8. The van der Waals surface area contributed by atoms with Crippen LogP contribution >= 0.6 is 24.0 Å². The maximum Gasteiger partial charge on any atom is 0.203 e. The maximum absolute atomic E-state index is 6.08. The lowest BCUT2D eigenvalue weighted by molar-refractivity contribution is -0.0835. The summed E-state index contributed by atoms with van der Waals surface area (Å²) in [7, 11) is 6.62. The van der Waals surface area contributed by atoms with Crippen molar-refractivity contribution < 1.29 is 18.9 Å². The highest BCUT2D eigenvalue weighted by atomic mass is 127. The SMILES string of the molecule is CN=C(NCc1cc(OC)c(OC)c(OC)c1)NCC1CCCOC1C(C)(C)C.I. The summed E-state index contributed by atoms with van der Waals surface area (Å²) in [4.78, 5) is 4.36. The molecule has 30 heavy (non-hydrogen) atoms. The number of halogens is 1. The van der Waals surface area contributed by atoms with E-state index in [0.717, 1.165) is 31.1 Å². The molecule has 0 amide bonds. The van der Waals surface area contributed by atoms with Crippen LogP contribution in [0.2, 0.25) is 0 Å². The van der Waals surface area contributed by atoms with Crippen molar-refractivity contribution in [3.63, 3.8) is 0 Å². The second-order valence-electron chi connectivity index (χ2n) is 8.40. The Bertz CT molecular complexity index is 666. The summed E-state index contributed by atoms with van der Waals surface area (Å²) in [5.41, 5.74) is 1.14. The zero-order valence-corrected chi connectivity index (χ0v) is 21.7. The Kier molecular flexibility index (Phi) is 11.0. The number of guanidine groups is 1. The summed E-state index contributed by atoms with van der Waals surface area (Å²) in [5, 5.41) is 6.83. The lowest BCUT2D eigenvalue weighted by Crippen LogP contribution is -2.47. The van der Waals surface area contributed by atoms with E-state index in [1.165, 1.54) is 6.42 Å². The minimum atomic E-state index is 0. The van der Waals surface area contributed by atoms with Crippen molar-refractivity contribution in [1.82, 2.24) is 10.6 Å². The standard InChI is InChI=1S/C22H37N3O4.HI/c1-22(2,3)20-16(9-8-10-29-20)14-25-21(23-4)24-13-15-11-17(26-5)19(28-7)18(12-15)27-6;/h11-12,16,20H,8-10,13-14H2,1-7H3,(H2,23,24,25);1H. The van der Waals surface area contributed by atoms with E-state index in [-0.39, 0.29) is 35.5 Å². The smallest absolute Gasteiger partial charge is 0.203 e. The van der Waals surface area contributed by atoms with Crippen LogP contribution in [0, 0.1) is 11.3 Å². The monoisotopic (exact) mass is 535 g/mol. The fraction of sp³-hybridized carbons (Fsp3) is 0.682. The van der Waals surface area contributed by atoms with Gasteiger partial charge in [0.25, 0.3) is 0 Å². The summed E-state index contributed by atoms with van der Waals surface area (Å²) in [6, 6.07) is 3.87. The van der Waals surface area contributed by atoms with E-state index in [9.17, 15) is 0 Å². The molecule has 172 valence electrons. The molecule has 7 nitrogen and oxygen atoms in total. The first-order valence-corrected chi connectivity index (χ1v) is 10.2. The molecule has 1 aromatic rings. The number of aliphatic imine (C=N–C) groups is 1. The Morgan fingerprint density at radius 2 is 1.73 bits per heavy atom. The molecule has 1 aliphatic heterocycles. The number of benzene rings is 1. The van der Waals surface area contributed by atoms with Gasteiger partial charge in [0.15, 0.2) is 17.5 Å². The van der Waals surface area contributed by atoms with E-state index in [1.807, 2.05) is 12.1 Å². The van der Waals surface area contributed by atoms with Crippen LogP contribution in [-0.4, -0.2) is 53.6 Å². The zero-order chi connectivity index (χ0) is 21.4. The minimum Gasteiger partial charge on any atom is -0.493 e. The molecular weight excluding hydrogens is 497 g/mol. The van der Waals surface area contributed by atoms with E-state index in [4.69, 9.17) is 18.9 Å². The van der Waals surface area contributed by atoms with Gasteiger partial charge in [0.2, 0.25) is 5.75 Å². The first-order valence-electron chi connectivity index (χ1n) is 10.2.